The SMILES string of the molecule is CNC(=O)C1CCCN(C(=O)c2cn(Cc3ccccc3)nn2)C1. The van der Waals surface area contributed by atoms with Gasteiger partial charge in [0.05, 0.1) is 18.7 Å². The molecule has 24 heavy (non-hydrogen) atoms. The van der Waals surface area contributed by atoms with Gasteiger partial charge >= 0.3 is 0 Å². The highest BCUT2D eigenvalue weighted by Gasteiger charge is 2.29. The summed E-state index contributed by atoms with van der Waals surface area (Å²) in [5, 5.41) is 10.7. The van der Waals surface area contributed by atoms with Crippen molar-refractivity contribution in [2.45, 2.75) is 19.4 Å². The number of hydrogen-bond donors (Lipinski definition) is 1. The van der Waals surface area contributed by atoms with Crippen molar-refractivity contribution in [2.75, 3.05) is 20.1 Å². The summed E-state index contributed by atoms with van der Waals surface area (Å²) >= 11 is 0. The highest BCUT2D eigenvalue weighted by atomic mass is 16.2. The molecule has 7 heteroatoms. The lowest BCUT2D eigenvalue weighted by molar-refractivity contribution is -0.125. The molecule has 1 aliphatic heterocycles. The molecule has 0 saturated carbocycles. The van der Waals surface area contributed by atoms with E-state index in [-0.39, 0.29) is 17.7 Å². The fourth-order valence-corrected chi connectivity index (χ4v) is 2.99. The number of piperidine rings is 1. The molecule has 1 N–H and O–H groups in total. The maximum Gasteiger partial charge on any atom is 0.276 e. The van der Waals surface area contributed by atoms with E-state index < -0.39 is 0 Å². The standard InChI is InChI=1S/C17H21N5O2/c1-18-16(23)14-8-5-9-21(11-14)17(24)15-12-22(20-19-15)10-13-6-3-2-4-7-13/h2-4,6-7,12,14H,5,8-11H2,1H3,(H,18,23). The van der Waals surface area contributed by atoms with Gasteiger partial charge in [-0.2, -0.15) is 0 Å². The van der Waals surface area contributed by atoms with Gasteiger partial charge in [-0.25, -0.2) is 4.68 Å². The normalized spacial score (nSPS) is 17.5. The number of aromatic nitrogens is 3. The van der Waals surface area contributed by atoms with E-state index >= 15 is 0 Å². The molecule has 2 aromatic rings. The van der Waals surface area contributed by atoms with Gasteiger partial charge in [0.15, 0.2) is 5.69 Å². The van der Waals surface area contributed by atoms with Crippen LogP contribution in [0.5, 0.6) is 0 Å². The first-order valence-corrected chi connectivity index (χ1v) is 8.12. The van der Waals surface area contributed by atoms with Crippen LogP contribution in [0.25, 0.3) is 0 Å². The molecule has 1 atom stereocenters. The first-order valence-electron chi connectivity index (χ1n) is 8.12. The van der Waals surface area contributed by atoms with Gasteiger partial charge in [-0.3, -0.25) is 9.59 Å². The van der Waals surface area contributed by atoms with Gasteiger partial charge in [0.25, 0.3) is 5.91 Å². The van der Waals surface area contributed by atoms with Crippen molar-refractivity contribution < 1.29 is 9.59 Å². The molecule has 1 unspecified atom stereocenters. The summed E-state index contributed by atoms with van der Waals surface area (Å²) in [5.41, 5.74) is 1.42. The molecular weight excluding hydrogens is 306 g/mol. The summed E-state index contributed by atoms with van der Waals surface area (Å²) in [6.07, 6.45) is 3.30. The zero-order chi connectivity index (χ0) is 16.9. The molecule has 126 valence electrons. The van der Waals surface area contributed by atoms with Gasteiger partial charge in [-0.15, -0.1) is 5.10 Å². The number of likely N-dealkylation sites (tertiary alicyclic amines) is 1. The number of amides is 2. The summed E-state index contributed by atoms with van der Waals surface area (Å²) in [4.78, 5) is 26.1. The van der Waals surface area contributed by atoms with E-state index in [1.165, 1.54) is 0 Å². The second-order valence-corrected chi connectivity index (χ2v) is 5.99. The van der Waals surface area contributed by atoms with Crippen molar-refractivity contribution in [3.05, 3.63) is 47.8 Å². The molecule has 3 rings (SSSR count). The number of nitrogens with one attached hydrogen (secondary N) is 1. The maximum atomic E-state index is 12.6. The van der Waals surface area contributed by atoms with Crippen molar-refractivity contribution in [1.29, 1.82) is 0 Å². The van der Waals surface area contributed by atoms with Crippen molar-refractivity contribution in [2.24, 2.45) is 5.92 Å². The Labute approximate surface area is 140 Å². The molecule has 1 aromatic heterocycles. The summed E-state index contributed by atoms with van der Waals surface area (Å²) < 4.78 is 1.66. The molecule has 1 aromatic carbocycles. The molecular formula is C17H21N5O2. The average Bonchev–Trinajstić information content (AvgIpc) is 3.09. The Morgan fingerprint density at radius 1 is 1.29 bits per heavy atom. The highest BCUT2D eigenvalue weighted by molar-refractivity contribution is 5.92. The Kier molecular flexibility index (Phi) is 4.88. The van der Waals surface area contributed by atoms with Gasteiger partial charge in [-0.1, -0.05) is 35.5 Å². The smallest absolute Gasteiger partial charge is 0.276 e. The topological polar surface area (TPSA) is 80.1 Å². The molecule has 0 aliphatic carbocycles. The van der Waals surface area contributed by atoms with Gasteiger partial charge in [0.2, 0.25) is 5.91 Å². The van der Waals surface area contributed by atoms with Crippen LogP contribution in [-0.2, 0) is 11.3 Å². The zero-order valence-corrected chi connectivity index (χ0v) is 13.7. The Bertz CT molecular complexity index is 713. The van der Waals surface area contributed by atoms with Crippen LogP contribution in [0.4, 0.5) is 0 Å². The van der Waals surface area contributed by atoms with Crippen LogP contribution >= 0.6 is 0 Å². The summed E-state index contributed by atoms with van der Waals surface area (Å²) in [6.45, 7) is 1.66. The van der Waals surface area contributed by atoms with E-state index in [9.17, 15) is 9.59 Å². The Balaban J connectivity index is 1.66. The number of carbonyl (C=O) groups excluding carboxylic acids is 2. The van der Waals surface area contributed by atoms with E-state index in [0.717, 1.165) is 18.4 Å². The first kappa shape index (κ1) is 16.2. The lowest BCUT2D eigenvalue weighted by atomic mass is 9.97. The minimum absolute atomic E-state index is 0.0137. The molecule has 0 radical (unpaired) electrons. The molecule has 7 nitrogen and oxygen atoms in total. The second kappa shape index (κ2) is 7.25. The lowest BCUT2D eigenvalue weighted by Gasteiger charge is -2.31. The van der Waals surface area contributed by atoms with Crippen molar-refractivity contribution in [3.63, 3.8) is 0 Å². The van der Waals surface area contributed by atoms with E-state index in [1.54, 1.807) is 22.8 Å². The van der Waals surface area contributed by atoms with Crippen LogP contribution in [0.1, 0.15) is 28.9 Å². The quantitative estimate of drug-likeness (QED) is 0.906. The number of benzene rings is 1. The summed E-state index contributed by atoms with van der Waals surface area (Å²) in [5.74, 6) is -0.324. The zero-order valence-electron chi connectivity index (χ0n) is 13.7. The van der Waals surface area contributed by atoms with E-state index in [2.05, 4.69) is 15.6 Å². The third kappa shape index (κ3) is 3.61. The van der Waals surface area contributed by atoms with Crippen LogP contribution in [0, 0.1) is 5.92 Å². The molecule has 2 amide bonds. The van der Waals surface area contributed by atoms with Crippen molar-refractivity contribution in [3.8, 4) is 0 Å². The molecule has 0 spiro atoms. The van der Waals surface area contributed by atoms with Crippen LogP contribution in [0.15, 0.2) is 36.5 Å². The summed E-state index contributed by atoms with van der Waals surface area (Å²) in [7, 11) is 1.62. The van der Waals surface area contributed by atoms with E-state index in [4.69, 9.17) is 0 Å². The fraction of sp³-hybridized carbons (Fsp3) is 0.412. The number of hydrogen-bond acceptors (Lipinski definition) is 4. The van der Waals surface area contributed by atoms with E-state index in [1.807, 2.05) is 30.3 Å². The third-order valence-electron chi connectivity index (χ3n) is 4.27. The Morgan fingerprint density at radius 3 is 2.83 bits per heavy atom. The molecule has 1 fully saturated rings. The van der Waals surface area contributed by atoms with Crippen LogP contribution < -0.4 is 5.32 Å². The fourth-order valence-electron chi connectivity index (χ4n) is 2.99. The molecule has 0 bridgehead atoms. The predicted molar refractivity (Wildman–Crippen MR) is 88.3 cm³/mol. The third-order valence-corrected chi connectivity index (χ3v) is 4.27. The molecule has 1 saturated heterocycles. The van der Waals surface area contributed by atoms with Gasteiger partial charge in [-0.05, 0) is 18.4 Å². The Morgan fingerprint density at radius 2 is 2.08 bits per heavy atom. The first-order chi connectivity index (χ1) is 11.7. The monoisotopic (exact) mass is 327 g/mol. The Hall–Kier alpha value is -2.70. The van der Waals surface area contributed by atoms with Crippen molar-refractivity contribution >= 4 is 11.8 Å². The largest absolute Gasteiger partial charge is 0.359 e. The average molecular weight is 327 g/mol. The summed E-state index contributed by atoms with van der Waals surface area (Å²) in [6, 6.07) is 9.89. The minimum atomic E-state index is -0.164. The number of nitrogens with zero attached hydrogens (tertiary/aromatic N) is 4. The van der Waals surface area contributed by atoms with Crippen LogP contribution in [-0.4, -0.2) is 51.8 Å². The van der Waals surface area contributed by atoms with E-state index in [0.29, 0.717) is 25.3 Å². The highest BCUT2D eigenvalue weighted by Crippen LogP contribution is 2.18. The predicted octanol–water partition coefficient (Wildman–Crippen LogP) is 0.925. The molecule has 1 aliphatic rings. The van der Waals surface area contributed by atoms with Crippen LogP contribution in [0.2, 0.25) is 0 Å². The number of carbonyl (C=O) groups is 2. The van der Waals surface area contributed by atoms with Crippen molar-refractivity contribution in [1.82, 2.24) is 25.2 Å². The van der Waals surface area contributed by atoms with Gasteiger partial charge in [0, 0.05) is 20.1 Å². The minimum Gasteiger partial charge on any atom is -0.359 e. The lowest BCUT2D eigenvalue weighted by Crippen LogP contribution is -2.44. The van der Waals surface area contributed by atoms with Gasteiger partial charge in [0.1, 0.15) is 0 Å². The number of rotatable bonds is 4. The molecule has 2 heterocycles. The van der Waals surface area contributed by atoms with Gasteiger partial charge < -0.3 is 10.2 Å². The second-order valence-electron chi connectivity index (χ2n) is 5.99. The maximum absolute atomic E-state index is 12.6. The van der Waals surface area contributed by atoms with Crippen LogP contribution in [0.3, 0.4) is 0 Å².